The number of nitrogens with zero attached hydrogens (tertiary/aromatic N) is 2. The molecule has 53 heavy (non-hydrogen) atoms. The van der Waals surface area contributed by atoms with Crippen molar-refractivity contribution in [3.8, 4) is 33.7 Å². The Hall–Kier alpha value is -6.91. The molecule has 0 saturated carbocycles. The molecule has 0 aliphatic heterocycles. The third-order valence-corrected chi connectivity index (χ3v) is 10.3. The second kappa shape index (κ2) is 13.0. The van der Waals surface area contributed by atoms with Gasteiger partial charge < -0.3 is 13.7 Å². The molecule has 0 spiro atoms. The molecule has 1 atom stereocenters. The molecule has 1 aliphatic rings. The molecule has 0 saturated heterocycles. The zero-order valence-electron chi connectivity index (χ0n) is 28.9. The molecule has 0 N–H and O–H groups in total. The van der Waals surface area contributed by atoms with E-state index in [1.165, 1.54) is 27.8 Å². The lowest BCUT2D eigenvalue weighted by Crippen LogP contribution is -2.17. The molecule has 0 radical (unpaired) electrons. The molecule has 4 heteroatoms. The van der Waals surface area contributed by atoms with Crippen molar-refractivity contribution in [2.45, 2.75) is 12.3 Å². The summed E-state index contributed by atoms with van der Waals surface area (Å²) in [5.74, 6) is 0.916. The van der Waals surface area contributed by atoms with Gasteiger partial charge in [0.2, 0.25) is 5.89 Å². The molecule has 252 valence electrons. The summed E-state index contributed by atoms with van der Waals surface area (Å²) in [6.45, 7) is 0. The summed E-state index contributed by atoms with van der Waals surface area (Å²) >= 11 is 0. The van der Waals surface area contributed by atoms with Gasteiger partial charge in [0, 0.05) is 33.9 Å². The van der Waals surface area contributed by atoms with Crippen LogP contribution in [0, 0.1) is 0 Å². The van der Waals surface area contributed by atoms with Crippen molar-refractivity contribution in [3.63, 3.8) is 0 Å². The summed E-state index contributed by atoms with van der Waals surface area (Å²) in [5, 5.41) is 1.94. The van der Waals surface area contributed by atoms with Crippen LogP contribution in [0.5, 0.6) is 0 Å². The fourth-order valence-corrected chi connectivity index (χ4v) is 7.65. The number of benzene rings is 7. The Kier molecular flexibility index (Phi) is 7.58. The first-order chi connectivity index (χ1) is 26.3. The first-order valence-corrected chi connectivity index (χ1v) is 18.1. The lowest BCUT2D eigenvalue weighted by Gasteiger charge is -2.30. The Bertz CT molecular complexity index is 2800. The number of fused-ring (bicyclic) bond motifs is 5. The van der Waals surface area contributed by atoms with Gasteiger partial charge in [-0.25, -0.2) is 4.98 Å². The highest BCUT2D eigenvalue weighted by Gasteiger charge is 2.22. The maximum atomic E-state index is 6.44. The molecule has 4 nitrogen and oxygen atoms in total. The number of furan rings is 1. The Morgan fingerprint density at radius 1 is 0.528 bits per heavy atom. The van der Waals surface area contributed by atoms with Crippen molar-refractivity contribution in [3.05, 3.63) is 199 Å². The number of oxazole rings is 1. The summed E-state index contributed by atoms with van der Waals surface area (Å²) in [6, 6.07) is 59.3. The van der Waals surface area contributed by atoms with E-state index in [9.17, 15) is 0 Å². The molecular weight excluding hydrogens is 649 g/mol. The van der Waals surface area contributed by atoms with Crippen LogP contribution in [-0.2, 0) is 0 Å². The van der Waals surface area contributed by atoms with Gasteiger partial charge in [0.1, 0.15) is 16.7 Å². The highest BCUT2D eigenvalue weighted by atomic mass is 16.4. The quantitative estimate of drug-likeness (QED) is 0.168. The topological polar surface area (TPSA) is 42.4 Å². The predicted octanol–water partition coefficient (Wildman–Crippen LogP) is 13.5. The van der Waals surface area contributed by atoms with E-state index in [0.29, 0.717) is 11.8 Å². The average Bonchev–Trinajstić information content (AvgIpc) is 3.84. The molecule has 1 aliphatic carbocycles. The molecule has 0 fully saturated rings. The first-order valence-electron chi connectivity index (χ1n) is 18.1. The van der Waals surface area contributed by atoms with Gasteiger partial charge in [-0.15, -0.1) is 0 Å². The lowest BCUT2D eigenvalue weighted by atomic mass is 9.91. The van der Waals surface area contributed by atoms with Crippen LogP contribution >= 0.6 is 0 Å². The normalized spacial score (nSPS) is 14.2. The third-order valence-electron chi connectivity index (χ3n) is 10.3. The van der Waals surface area contributed by atoms with Crippen molar-refractivity contribution in [2.75, 3.05) is 4.90 Å². The Morgan fingerprint density at radius 2 is 1.13 bits per heavy atom. The standard InChI is InChI=1S/C49H34N2O2/c1-5-13-33(14-6-1)34-21-23-38(24-22-34)51(39-25-27-41(35-15-7-2-8-16-35)42(31-39)36-17-9-3-10-18-36)40-26-28-44-43(32-40)47-45(52-44)29-30-46-48(47)50-49(53-46)37-19-11-4-12-20-37/h1-21,23-32,34H,22H2. The van der Waals surface area contributed by atoms with E-state index >= 15 is 0 Å². The van der Waals surface area contributed by atoms with Crippen LogP contribution in [0.4, 0.5) is 11.4 Å². The van der Waals surface area contributed by atoms with Crippen LogP contribution in [0.2, 0.25) is 0 Å². The van der Waals surface area contributed by atoms with Gasteiger partial charge in [0.25, 0.3) is 0 Å². The van der Waals surface area contributed by atoms with Gasteiger partial charge in [0.05, 0.1) is 5.39 Å². The van der Waals surface area contributed by atoms with Crippen molar-refractivity contribution < 1.29 is 8.83 Å². The van der Waals surface area contributed by atoms with E-state index < -0.39 is 0 Å². The molecule has 2 aromatic heterocycles. The second-order valence-corrected chi connectivity index (χ2v) is 13.5. The monoisotopic (exact) mass is 682 g/mol. The largest absolute Gasteiger partial charge is 0.456 e. The maximum Gasteiger partial charge on any atom is 0.227 e. The van der Waals surface area contributed by atoms with Crippen LogP contribution < -0.4 is 4.90 Å². The van der Waals surface area contributed by atoms with Gasteiger partial charge in [-0.05, 0) is 94.9 Å². The molecule has 0 amide bonds. The molecule has 1 unspecified atom stereocenters. The number of hydrogen-bond acceptors (Lipinski definition) is 4. The van der Waals surface area contributed by atoms with Crippen molar-refractivity contribution >= 4 is 44.4 Å². The Balaban J connectivity index is 1.15. The Morgan fingerprint density at radius 3 is 1.83 bits per heavy atom. The summed E-state index contributed by atoms with van der Waals surface area (Å²) in [7, 11) is 0. The van der Waals surface area contributed by atoms with E-state index in [4.69, 9.17) is 13.8 Å². The summed E-state index contributed by atoms with van der Waals surface area (Å²) in [5.41, 5.74) is 13.3. The highest BCUT2D eigenvalue weighted by Crippen LogP contribution is 2.43. The Labute approximate surface area is 307 Å². The highest BCUT2D eigenvalue weighted by molar-refractivity contribution is 6.17. The molecule has 7 aromatic carbocycles. The minimum Gasteiger partial charge on any atom is -0.456 e. The van der Waals surface area contributed by atoms with Crippen molar-refractivity contribution in [1.82, 2.24) is 4.98 Å². The minimum atomic E-state index is 0.321. The maximum absolute atomic E-state index is 6.44. The second-order valence-electron chi connectivity index (χ2n) is 13.5. The fraction of sp³-hybridized carbons (Fsp3) is 0.0408. The van der Waals surface area contributed by atoms with Gasteiger partial charge in [-0.2, -0.15) is 0 Å². The number of hydrogen-bond donors (Lipinski definition) is 0. The summed E-state index contributed by atoms with van der Waals surface area (Å²) in [6.07, 6.45) is 7.88. The molecule has 0 bridgehead atoms. The van der Waals surface area contributed by atoms with Crippen LogP contribution in [0.1, 0.15) is 17.9 Å². The average molecular weight is 683 g/mol. The van der Waals surface area contributed by atoms with E-state index in [2.05, 4.69) is 151 Å². The van der Waals surface area contributed by atoms with Crippen LogP contribution in [-0.4, -0.2) is 4.98 Å². The zero-order chi connectivity index (χ0) is 35.1. The lowest BCUT2D eigenvalue weighted by molar-refractivity contribution is 0.619. The van der Waals surface area contributed by atoms with Crippen LogP contribution in [0.25, 0.3) is 66.7 Å². The SMILES string of the molecule is C1=CC(c2ccccc2)CC=C1N(c1ccc(-c2ccccc2)c(-c2ccccc2)c1)c1ccc2oc3ccc4oc(-c5ccccc5)nc4c3c2c1. The smallest absolute Gasteiger partial charge is 0.227 e. The van der Waals surface area contributed by atoms with Crippen LogP contribution in [0.15, 0.2) is 203 Å². The van der Waals surface area contributed by atoms with E-state index in [-0.39, 0.29) is 0 Å². The van der Waals surface area contributed by atoms with E-state index in [1.54, 1.807) is 0 Å². The van der Waals surface area contributed by atoms with E-state index in [1.807, 2.05) is 42.5 Å². The third kappa shape index (κ3) is 5.62. The van der Waals surface area contributed by atoms with Crippen molar-refractivity contribution in [2.24, 2.45) is 0 Å². The summed E-state index contributed by atoms with van der Waals surface area (Å²) in [4.78, 5) is 7.38. The number of allylic oxidation sites excluding steroid dienone is 3. The number of rotatable bonds is 7. The van der Waals surface area contributed by atoms with Gasteiger partial charge in [0.15, 0.2) is 5.58 Å². The molecule has 10 rings (SSSR count). The zero-order valence-corrected chi connectivity index (χ0v) is 28.9. The van der Waals surface area contributed by atoms with Gasteiger partial charge in [-0.1, -0.05) is 127 Å². The summed E-state index contributed by atoms with van der Waals surface area (Å²) < 4.78 is 12.7. The van der Waals surface area contributed by atoms with Crippen LogP contribution in [0.3, 0.4) is 0 Å². The van der Waals surface area contributed by atoms with E-state index in [0.717, 1.165) is 62.1 Å². The number of anilines is 2. The predicted molar refractivity (Wildman–Crippen MR) is 217 cm³/mol. The van der Waals surface area contributed by atoms with Gasteiger partial charge in [-0.3, -0.25) is 0 Å². The first kappa shape index (κ1) is 30.9. The number of aromatic nitrogens is 1. The van der Waals surface area contributed by atoms with Crippen molar-refractivity contribution in [1.29, 1.82) is 0 Å². The fourth-order valence-electron chi connectivity index (χ4n) is 7.65. The minimum absolute atomic E-state index is 0.321. The molecule has 2 heterocycles. The molecule has 9 aromatic rings. The van der Waals surface area contributed by atoms with Gasteiger partial charge >= 0.3 is 0 Å². The molecular formula is C49H34N2O2.